The van der Waals surface area contributed by atoms with Crippen LogP contribution < -0.4 is 4.90 Å². The third-order valence-corrected chi connectivity index (χ3v) is 5.92. The van der Waals surface area contributed by atoms with Crippen molar-refractivity contribution in [2.75, 3.05) is 51.2 Å². The van der Waals surface area contributed by atoms with E-state index in [4.69, 9.17) is 0 Å². The maximum atomic E-state index is 12.6. The molecule has 1 aromatic heterocycles. The van der Waals surface area contributed by atoms with Gasteiger partial charge < -0.3 is 14.7 Å². The van der Waals surface area contributed by atoms with E-state index in [-0.39, 0.29) is 24.3 Å². The predicted octanol–water partition coefficient (Wildman–Crippen LogP) is 0.456. The Morgan fingerprint density at radius 2 is 1.56 bits per heavy atom. The summed E-state index contributed by atoms with van der Waals surface area (Å²) in [5, 5.41) is 0. The van der Waals surface area contributed by atoms with Crippen LogP contribution in [0.2, 0.25) is 0 Å². The van der Waals surface area contributed by atoms with Gasteiger partial charge in [0.25, 0.3) is 0 Å². The molecule has 3 rings (SSSR count). The molecule has 0 bridgehead atoms. The molecule has 8 nitrogen and oxygen atoms in total. The van der Waals surface area contributed by atoms with E-state index < -0.39 is 0 Å². The van der Waals surface area contributed by atoms with Crippen LogP contribution in [0.5, 0.6) is 0 Å². The molecule has 2 amide bonds. The quantitative estimate of drug-likeness (QED) is 0.762. The number of likely N-dealkylation sites (N-methyl/N-ethyl adjacent to an activating group) is 1. The lowest BCUT2D eigenvalue weighted by Crippen LogP contribution is -2.57. The second-order valence-electron chi connectivity index (χ2n) is 7.47. The van der Waals surface area contributed by atoms with E-state index in [1.165, 1.54) is 0 Å². The van der Waals surface area contributed by atoms with Crippen LogP contribution in [0.15, 0.2) is 18.5 Å². The van der Waals surface area contributed by atoms with E-state index >= 15 is 0 Å². The van der Waals surface area contributed by atoms with Gasteiger partial charge in [-0.25, -0.2) is 9.97 Å². The molecule has 0 spiro atoms. The minimum absolute atomic E-state index is 0.0619. The van der Waals surface area contributed by atoms with Crippen LogP contribution in [-0.4, -0.2) is 94.9 Å². The van der Waals surface area contributed by atoms with Gasteiger partial charge >= 0.3 is 0 Å². The number of anilines is 1. The Hall–Kier alpha value is -2.22. The first-order valence-electron chi connectivity index (χ1n) is 9.77. The van der Waals surface area contributed by atoms with Crippen molar-refractivity contribution in [3.05, 3.63) is 18.5 Å². The lowest BCUT2D eigenvalue weighted by Gasteiger charge is -2.43. The first-order chi connectivity index (χ1) is 13.0. The SMILES string of the molecule is CC1C(C)N(C(=O)CCC(=O)N2CCN(c3ncccn3)CC2)CCN1C. The van der Waals surface area contributed by atoms with E-state index in [9.17, 15) is 9.59 Å². The van der Waals surface area contributed by atoms with Gasteiger partial charge in [-0.05, 0) is 27.0 Å². The Bertz CT molecular complexity index is 647. The molecule has 0 N–H and O–H groups in total. The molecule has 2 aliphatic rings. The summed E-state index contributed by atoms with van der Waals surface area (Å²) < 4.78 is 0. The summed E-state index contributed by atoms with van der Waals surface area (Å²) in [7, 11) is 2.09. The largest absolute Gasteiger partial charge is 0.339 e. The second-order valence-corrected chi connectivity index (χ2v) is 7.47. The Morgan fingerprint density at radius 1 is 0.926 bits per heavy atom. The summed E-state index contributed by atoms with van der Waals surface area (Å²) in [6, 6.07) is 2.31. The van der Waals surface area contributed by atoms with Gasteiger partial charge in [0.15, 0.2) is 0 Å². The van der Waals surface area contributed by atoms with Crippen molar-refractivity contribution in [3.8, 4) is 0 Å². The molecule has 0 saturated carbocycles. The Morgan fingerprint density at radius 3 is 2.22 bits per heavy atom. The molecule has 0 radical (unpaired) electrons. The van der Waals surface area contributed by atoms with Crippen LogP contribution in [0.1, 0.15) is 26.7 Å². The van der Waals surface area contributed by atoms with Crippen molar-refractivity contribution in [1.82, 2.24) is 24.7 Å². The first-order valence-corrected chi connectivity index (χ1v) is 9.77. The van der Waals surface area contributed by atoms with Gasteiger partial charge in [0.1, 0.15) is 0 Å². The summed E-state index contributed by atoms with van der Waals surface area (Å²) in [6.07, 6.45) is 4.03. The highest BCUT2D eigenvalue weighted by atomic mass is 16.2. The van der Waals surface area contributed by atoms with Crippen LogP contribution in [0, 0.1) is 0 Å². The molecular weight excluding hydrogens is 344 g/mol. The topological polar surface area (TPSA) is 72.9 Å². The molecule has 2 atom stereocenters. The Labute approximate surface area is 161 Å². The first kappa shape index (κ1) is 19.5. The number of nitrogens with zero attached hydrogens (tertiary/aromatic N) is 6. The zero-order valence-corrected chi connectivity index (χ0v) is 16.5. The van der Waals surface area contributed by atoms with Gasteiger partial charge in [0.2, 0.25) is 17.8 Å². The predicted molar refractivity (Wildman–Crippen MR) is 103 cm³/mol. The maximum Gasteiger partial charge on any atom is 0.225 e. The summed E-state index contributed by atoms with van der Waals surface area (Å²) in [5.74, 6) is 0.858. The summed E-state index contributed by atoms with van der Waals surface area (Å²) in [4.78, 5) is 41.8. The molecule has 0 aromatic carbocycles. The molecule has 0 aliphatic carbocycles. The number of rotatable bonds is 4. The van der Waals surface area contributed by atoms with Gasteiger partial charge in [0.05, 0.1) is 0 Å². The fourth-order valence-electron chi connectivity index (χ4n) is 3.78. The van der Waals surface area contributed by atoms with Crippen LogP contribution >= 0.6 is 0 Å². The van der Waals surface area contributed by atoms with Crippen LogP contribution in [0.4, 0.5) is 5.95 Å². The van der Waals surface area contributed by atoms with E-state index in [2.05, 4.69) is 40.7 Å². The normalized spacial score (nSPS) is 24.2. The molecule has 2 fully saturated rings. The number of piperazine rings is 2. The Kier molecular flexibility index (Phi) is 6.26. The van der Waals surface area contributed by atoms with Crippen molar-refractivity contribution in [1.29, 1.82) is 0 Å². The van der Waals surface area contributed by atoms with Crippen molar-refractivity contribution < 1.29 is 9.59 Å². The van der Waals surface area contributed by atoms with Gasteiger partial charge in [-0.15, -0.1) is 0 Å². The van der Waals surface area contributed by atoms with Crippen molar-refractivity contribution in [3.63, 3.8) is 0 Å². The number of carbonyl (C=O) groups excluding carboxylic acids is 2. The van der Waals surface area contributed by atoms with Crippen molar-refractivity contribution in [2.45, 2.75) is 38.8 Å². The highest BCUT2D eigenvalue weighted by Gasteiger charge is 2.31. The molecular formula is C19H30N6O2. The third kappa shape index (κ3) is 4.55. The lowest BCUT2D eigenvalue weighted by molar-refractivity contribution is -0.140. The van der Waals surface area contributed by atoms with Crippen LogP contribution in [-0.2, 0) is 9.59 Å². The smallest absolute Gasteiger partial charge is 0.225 e. The average Bonchev–Trinajstić information content (AvgIpc) is 2.71. The maximum absolute atomic E-state index is 12.6. The van der Waals surface area contributed by atoms with Gasteiger partial charge in [-0.2, -0.15) is 0 Å². The molecule has 27 heavy (non-hydrogen) atoms. The fourth-order valence-corrected chi connectivity index (χ4v) is 3.78. The molecule has 148 valence electrons. The molecule has 2 aliphatic heterocycles. The molecule has 8 heteroatoms. The number of aromatic nitrogens is 2. The van der Waals surface area contributed by atoms with Gasteiger partial charge in [-0.3, -0.25) is 14.5 Å². The summed E-state index contributed by atoms with van der Waals surface area (Å²) >= 11 is 0. The highest BCUT2D eigenvalue weighted by Crippen LogP contribution is 2.17. The van der Waals surface area contributed by atoms with Crippen LogP contribution in [0.25, 0.3) is 0 Å². The second kappa shape index (κ2) is 8.65. The molecule has 3 heterocycles. The van der Waals surface area contributed by atoms with Crippen molar-refractivity contribution in [2.24, 2.45) is 0 Å². The minimum atomic E-state index is 0.0619. The Balaban J connectivity index is 1.44. The zero-order valence-electron chi connectivity index (χ0n) is 16.5. The van der Waals surface area contributed by atoms with Gasteiger partial charge in [-0.1, -0.05) is 0 Å². The lowest BCUT2D eigenvalue weighted by atomic mass is 10.0. The monoisotopic (exact) mass is 374 g/mol. The highest BCUT2D eigenvalue weighted by molar-refractivity contribution is 5.84. The number of hydrogen-bond donors (Lipinski definition) is 0. The van der Waals surface area contributed by atoms with Gasteiger partial charge in [0, 0.05) is 76.6 Å². The minimum Gasteiger partial charge on any atom is -0.339 e. The number of hydrogen-bond acceptors (Lipinski definition) is 6. The summed E-state index contributed by atoms with van der Waals surface area (Å²) in [6.45, 7) is 8.59. The zero-order chi connectivity index (χ0) is 19.4. The van der Waals surface area contributed by atoms with Crippen LogP contribution in [0.3, 0.4) is 0 Å². The van der Waals surface area contributed by atoms with E-state index in [1.807, 2.05) is 9.80 Å². The van der Waals surface area contributed by atoms with Crippen molar-refractivity contribution >= 4 is 17.8 Å². The molecule has 2 saturated heterocycles. The third-order valence-electron chi connectivity index (χ3n) is 5.92. The van der Waals surface area contributed by atoms with E-state index in [1.54, 1.807) is 18.5 Å². The average molecular weight is 374 g/mol. The fraction of sp³-hybridized carbons (Fsp3) is 0.684. The van der Waals surface area contributed by atoms with E-state index in [0.29, 0.717) is 31.5 Å². The standard InChI is InChI=1S/C19H30N6O2/c1-15-16(2)25(14-9-22(15)3)18(27)6-5-17(26)23-10-12-24(13-11-23)19-20-7-4-8-21-19/h4,7-8,15-16H,5-6,9-14H2,1-3H3. The number of amides is 2. The molecule has 2 unspecified atom stereocenters. The summed E-state index contributed by atoms with van der Waals surface area (Å²) in [5.41, 5.74) is 0. The van der Waals surface area contributed by atoms with E-state index in [0.717, 1.165) is 26.2 Å². The number of carbonyl (C=O) groups is 2. The molecule has 1 aromatic rings.